The van der Waals surface area contributed by atoms with Gasteiger partial charge in [-0.2, -0.15) is 0 Å². The zero-order chi connectivity index (χ0) is 12.8. The summed E-state index contributed by atoms with van der Waals surface area (Å²) < 4.78 is 0. The van der Waals surface area contributed by atoms with E-state index in [9.17, 15) is 4.79 Å². The molecule has 1 aromatic rings. The summed E-state index contributed by atoms with van der Waals surface area (Å²) in [6, 6.07) is 7.92. The number of carbonyl (C=O) groups is 1. The summed E-state index contributed by atoms with van der Waals surface area (Å²) in [6.07, 6.45) is 1.14. The first kappa shape index (κ1) is 13.7. The molecule has 0 bridgehead atoms. The minimum Gasteiger partial charge on any atom is -0.351 e. The molecule has 3 N–H and O–H groups in total. The average molecular weight is 234 g/mol. The second-order valence-electron chi connectivity index (χ2n) is 4.56. The Labute approximate surface area is 103 Å². The van der Waals surface area contributed by atoms with Crippen molar-refractivity contribution in [3.8, 4) is 0 Å². The van der Waals surface area contributed by atoms with E-state index in [0.29, 0.717) is 12.5 Å². The highest BCUT2D eigenvalue weighted by Gasteiger charge is 2.06. The van der Waals surface area contributed by atoms with Crippen molar-refractivity contribution in [1.29, 1.82) is 0 Å². The third-order valence-corrected chi connectivity index (χ3v) is 3.04. The van der Waals surface area contributed by atoms with Crippen molar-refractivity contribution < 1.29 is 4.79 Å². The monoisotopic (exact) mass is 234 g/mol. The van der Waals surface area contributed by atoms with Gasteiger partial charge in [0.1, 0.15) is 0 Å². The molecule has 17 heavy (non-hydrogen) atoms. The van der Waals surface area contributed by atoms with Crippen LogP contribution < -0.4 is 11.1 Å². The Hall–Kier alpha value is -1.35. The summed E-state index contributed by atoms with van der Waals surface area (Å²) in [5, 5.41) is 2.80. The van der Waals surface area contributed by atoms with Crippen molar-refractivity contribution in [3.63, 3.8) is 0 Å². The van der Waals surface area contributed by atoms with E-state index in [4.69, 9.17) is 5.73 Å². The van der Waals surface area contributed by atoms with E-state index < -0.39 is 6.04 Å². The van der Waals surface area contributed by atoms with Gasteiger partial charge in [0.05, 0.1) is 6.04 Å². The zero-order valence-corrected chi connectivity index (χ0v) is 10.9. The number of amides is 1. The van der Waals surface area contributed by atoms with Crippen LogP contribution in [-0.2, 0) is 11.3 Å². The fraction of sp³-hybridized carbons (Fsp3) is 0.500. The highest BCUT2D eigenvalue weighted by Crippen LogP contribution is 2.18. The standard InChI is InChI=1S/C14H22N2O/c1-4-10(2)13-7-5-12(6-8-13)9-16-14(17)11(3)15/h5-8,10-11H,4,9,15H2,1-3H3,(H,16,17). The molecule has 1 rings (SSSR count). The van der Waals surface area contributed by atoms with Gasteiger partial charge in [0, 0.05) is 6.54 Å². The van der Waals surface area contributed by atoms with Crippen molar-refractivity contribution in [2.24, 2.45) is 5.73 Å². The van der Waals surface area contributed by atoms with E-state index in [2.05, 4.69) is 43.4 Å². The van der Waals surface area contributed by atoms with Crippen LogP contribution in [0.1, 0.15) is 44.2 Å². The molecule has 0 aromatic heterocycles. The van der Waals surface area contributed by atoms with E-state index in [1.54, 1.807) is 6.92 Å². The molecule has 0 fully saturated rings. The average Bonchev–Trinajstić information content (AvgIpc) is 2.35. The molecule has 3 heteroatoms. The van der Waals surface area contributed by atoms with Gasteiger partial charge in [-0.05, 0) is 30.4 Å². The van der Waals surface area contributed by atoms with Crippen molar-refractivity contribution in [2.45, 2.75) is 45.7 Å². The summed E-state index contributed by atoms with van der Waals surface area (Å²) in [5.41, 5.74) is 7.92. The van der Waals surface area contributed by atoms with E-state index in [1.165, 1.54) is 5.56 Å². The molecule has 3 nitrogen and oxygen atoms in total. The summed E-state index contributed by atoms with van der Waals surface area (Å²) in [6.45, 7) is 6.62. The Morgan fingerprint density at radius 1 is 1.29 bits per heavy atom. The van der Waals surface area contributed by atoms with Gasteiger partial charge in [-0.3, -0.25) is 4.79 Å². The Morgan fingerprint density at radius 2 is 1.88 bits per heavy atom. The number of benzene rings is 1. The Kier molecular flexibility index (Phi) is 5.16. The summed E-state index contributed by atoms with van der Waals surface area (Å²) in [4.78, 5) is 11.3. The Balaban J connectivity index is 2.54. The van der Waals surface area contributed by atoms with Gasteiger partial charge >= 0.3 is 0 Å². The quantitative estimate of drug-likeness (QED) is 0.820. The predicted octanol–water partition coefficient (Wildman–Crippen LogP) is 2.16. The normalized spacial score (nSPS) is 14.1. The fourth-order valence-corrected chi connectivity index (χ4v) is 1.55. The lowest BCUT2D eigenvalue weighted by atomic mass is 9.98. The molecule has 0 heterocycles. The van der Waals surface area contributed by atoms with Crippen molar-refractivity contribution in [2.75, 3.05) is 0 Å². The maximum absolute atomic E-state index is 11.3. The van der Waals surface area contributed by atoms with Crippen molar-refractivity contribution in [3.05, 3.63) is 35.4 Å². The number of hydrogen-bond acceptors (Lipinski definition) is 2. The van der Waals surface area contributed by atoms with E-state index in [-0.39, 0.29) is 5.91 Å². The number of nitrogens with one attached hydrogen (secondary N) is 1. The van der Waals surface area contributed by atoms with Crippen LogP contribution in [0.25, 0.3) is 0 Å². The van der Waals surface area contributed by atoms with Gasteiger partial charge < -0.3 is 11.1 Å². The SMILES string of the molecule is CCC(C)c1ccc(CNC(=O)C(C)N)cc1. The lowest BCUT2D eigenvalue weighted by Crippen LogP contribution is -2.37. The molecule has 0 saturated carbocycles. The van der Waals surface area contributed by atoms with Crippen LogP contribution >= 0.6 is 0 Å². The summed E-state index contributed by atoms with van der Waals surface area (Å²) in [5.74, 6) is 0.471. The molecular weight excluding hydrogens is 212 g/mol. The fourth-order valence-electron chi connectivity index (χ4n) is 1.55. The van der Waals surface area contributed by atoms with Gasteiger partial charge in [0.2, 0.25) is 5.91 Å². The number of rotatable bonds is 5. The van der Waals surface area contributed by atoms with Crippen LogP contribution in [-0.4, -0.2) is 11.9 Å². The molecule has 0 radical (unpaired) electrons. The highest BCUT2D eigenvalue weighted by molar-refractivity contribution is 5.80. The Morgan fingerprint density at radius 3 is 2.35 bits per heavy atom. The van der Waals surface area contributed by atoms with Crippen LogP contribution in [0.5, 0.6) is 0 Å². The van der Waals surface area contributed by atoms with Crippen molar-refractivity contribution >= 4 is 5.91 Å². The number of hydrogen-bond donors (Lipinski definition) is 2. The van der Waals surface area contributed by atoms with Gasteiger partial charge in [-0.1, -0.05) is 38.1 Å². The van der Waals surface area contributed by atoms with Gasteiger partial charge in [0.25, 0.3) is 0 Å². The number of nitrogens with two attached hydrogens (primary N) is 1. The van der Waals surface area contributed by atoms with Crippen LogP contribution in [0.2, 0.25) is 0 Å². The summed E-state index contributed by atoms with van der Waals surface area (Å²) in [7, 11) is 0. The molecule has 0 aliphatic carbocycles. The third-order valence-electron chi connectivity index (χ3n) is 3.04. The summed E-state index contributed by atoms with van der Waals surface area (Å²) >= 11 is 0. The molecule has 2 atom stereocenters. The number of carbonyl (C=O) groups excluding carboxylic acids is 1. The predicted molar refractivity (Wildman–Crippen MR) is 70.6 cm³/mol. The highest BCUT2D eigenvalue weighted by atomic mass is 16.2. The maximum atomic E-state index is 11.3. The second-order valence-corrected chi connectivity index (χ2v) is 4.56. The van der Waals surface area contributed by atoms with Gasteiger partial charge in [0.15, 0.2) is 0 Å². The van der Waals surface area contributed by atoms with Crippen LogP contribution in [0, 0.1) is 0 Å². The van der Waals surface area contributed by atoms with E-state index >= 15 is 0 Å². The van der Waals surface area contributed by atoms with Crippen LogP contribution in [0.15, 0.2) is 24.3 Å². The molecular formula is C14H22N2O. The molecule has 0 spiro atoms. The molecule has 1 aromatic carbocycles. The van der Waals surface area contributed by atoms with Crippen LogP contribution in [0.3, 0.4) is 0 Å². The van der Waals surface area contributed by atoms with E-state index in [1.807, 2.05) is 0 Å². The van der Waals surface area contributed by atoms with Crippen LogP contribution in [0.4, 0.5) is 0 Å². The molecule has 1 amide bonds. The molecule has 2 unspecified atom stereocenters. The van der Waals surface area contributed by atoms with E-state index in [0.717, 1.165) is 12.0 Å². The van der Waals surface area contributed by atoms with Gasteiger partial charge in [-0.15, -0.1) is 0 Å². The topological polar surface area (TPSA) is 55.1 Å². The molecule has 0 saturated heterocycles. The first-order chi connectivity index (χ1) is 8.04. The Bertz CT molecular complexity index is 357. The lowest BCUT2D eigenvalue weighted by Gasteiger charge is -2.11. The van der Waals surface area contributed by atoms with Crippen molar-refractivity contribution in [1.82, 2.24) is 5.32 Å². The molecule has 0 aliphatic heterocycles. The first-order valence-corrected chi connectivity index (χ1v) is 6.16. The first-order valence-electron chi connectivity index (χ1n) is 6.16. The minimum atomic E-state index is -0.450. The largest absolute Gasteiger partial charge is 0.351 e. The zero-order valence-electron chi connectivity index (χ0n) is 10.9. The maximum Gasteiger partial charge on any atom is 0.236 e. The minimum absolute atomic E-state index is 0.115. The smallest absolute Gasteiger partial charge is 0.236 e. The second kappa shape index (κ2) is 6.40. The molecule has 0 aliphatic rings. The molecule has 94 valence electrons. The lowest BCUT2D eigenvalue weighted by molar-refractivity contribution is -0.122. The third kappa shape index (κ3) is 4.19. The van der Waals surface area contributed by atoms with Gasteiger partial charge in [-0.25, -0.2) is 0 Å².